The van der Waals surface area contributed by atoms with Crippen molar-refractivity contribution in [2.75, 3.05) is 41.8 Å². The summed E-state index contributed by atoms with van der Waals surface area (Å²) >= 11 is 0. The van der Waals surface area contributed by atoms with Crippen molar-refractivity contribution in [3.63, 3.8) is 0 Å². The van der Waals surface area contributed by atoms with Crippen LogP contribution >= 0.6 is 0 Å². The second-order valence-corrected chi connectivity index (χ2v) is 8.23. The molecule has 35 heavy (non-hydrogen) atoms. The van der Waals surface area contributed by atoms with Crippen LogP contribution in [0.4, 0.5) is 23.0 Å². The monoisotopic (exact) mass is 469 g/mol. The van der Waals surface area contributed by atoms with E-state index in [9.17, 15) is 4.79 Å². The molecule has 9 nitrogen and oxygen atoms in total. The van der Waals surface area contributed by atoms with Crippen molar-refractivity contribution >= 4 is 40.0 Å². The molecule has 1 aliphatic rings. The van der Waals surface area contributed by atoms with Crippen LogP contribution in [-0.2, 0) is 16.1 Å². The number of amides is 1. The van der Waals surface area contributed by atoms with Gasteiger partial charge >= 0.3 is 0 Å². The topological polar surface area (TPSA) is 97.2 Å². The second kappa shape index (κ2) is 10.4. The van der Waals surface area contributed by atoms with Gasteiger partial charge in [-0.3, -0.25) is 4.79 Å². The van der Waals surface area contributed by atoms with Gasteiger partial charge in [0.05, 0.1) is 31.3 Å². The van der Waals surface area contributed by atoms with E-state index < -0.39 is 0 Å². The standard InChI is InChI=1S/C26H27N7O2/c1-2-3-24(34)29-21-6-4-19(5-7-21)18-33-25-20(17-28-33)16-27-26(31-25)30-22-8-10-23(11-9-22)32-12-14-35-15-13-32/h2-11,16-17H,12-15,18H2,1H3,(H,29,34)(H,27,30,31)/b3-2+. The van der Waals surface area contributed by atoms with E-state index in [1.807, 2.05) is 48.0 Å². The molecule has 4 aromatic rings. The maximum absolute atomic E-state index is 11.7. The Balaban J connectivity index is 1.27. The van der Waals surface area contributed by atoms with Crippen molar-refractivity contribution in [2.45, 2.75) is 13.5 Å². The van der Waals surface area contributed by atoms with E-state index in [0.29, 0.717) is 12.5 Å². The Morgan fingerprint density at radius 2 is 1.77 bits per heavy atom. The van der Waals surface area contributed by atoms with Crippen LogP contribution in [-0.4, -0.2) is 52.0 Å². The Bertz CT molecular complexity index is 1320. The molecule has 2 aromatic heterocycles. The van der Waals surface area contributed by atoms with Crippen LogP contribution in [0.25, 0.3) is 11.0 Å². The SMILES string of the molecule is C/C=C/C(=O)Nc1ccc(Cn2ncc3cnc(Nc4ccc(N5CCOCC5)cc4)nc32)cc1. The number of nitrogens with zero attached hydrogens (tertiary/aromatic N) is 5. The fourth-order valence-corrected chi connectivity index (χ4v) is 3.95. The van der Waals surface area contributed by atoms with Gasteiger partial charge < -0.3 is 20.3 Å². The number of hydrogen-bond acceptors (Lipinski definition) is 7. The van der Waals surface area contributed by atoms with Gasteiger partial charge in [0, 0.05) is 36.3 Å². The molecule has 1 fully saturated rings. The maximum Gasteiger partial charge on any atom is 0.248 e. The number of benzene rings is 2. The van der Waals surface area contributed by atoms with Crippen LogP contribution < -0.4 is 15.5 Å². The van der Waals surface area contributed by atoms with Crippen LogP contribution in [0.2, 0.25) is 0 Å². The number of ether oxygens (including phenoxy) is 1. The molecule has 1 saturated heterocycles. The molecule has 5 rings (SSSR count). The lowest BCUT2D eigenvalue weighted by atomic mass is 10.2. The fourth-order valence-electron chi connectivity index (χ4n) is 3.95. The molecule has 3 heterocycles. The first-order valence-electron chi connectivity index (χ1n) is 11.6. The molecule has 178 valence electrons. The highest BCUT2D eigenvalue weighted by molar-refractivity contribution is 5.99. The maximum atomic E-state index is 11.7. The number of carbonyl (C=O) groups is 1. The molecule has 0 radical (unpaired) electrons. The Kier molecular flexibility index (Phi) is 6.67. The van der Waals surface area contributed by atoms with Crippen molar-refractivity contribution in [2.24, 2.45) is 0 Å². The fraction of sp³-hybridized carbons (Fsp3) is 0.231. The summed E-state index contributed by atoms with van der Waals surface area (Å²) in [4.78, 5) is 23.2. The summed E-state index contributed by atoms with van der Waals surface area (Å²) in [7, 11) is 0. The number of nitrogens with one attached hydrogen (secondary N) is 2. The van der Waals surface area contributed by atoms with Gasteiger partial charge in [0.2, 0.25) is 11.9 Å². The van der Waals surface area contributed by atoms with Gasteiger partial charge in [-0.05, 0) is 55.0 Å². The van der Waals surface area contributed by atoms with E-state index in [2.05, 4.69) is 37.7 Å². The molecule has 9 heteroatoms. The zero-order valence-corrected chi connectivity index (χ0v) is 19.5. The van der Waals surface area contributed by atoms with Crippen molar-refractivity contribution in [3.05, 3.63) is 78.6 Å². The lowest BCUT2D eigenvalue weighted by molar-refractivity contribution is -0.111. The highest BCUT2D eigenvalue weighted by Gasteiger charge is 2.12. The number of aromatic nitrogens is 4. The first kappa shape index (κ1) is 22.5. The Morgan fingerprint density at radius 3 is 2.51 bits per heavy atom. The van der Waals surface area contributed by atoms with Crippen molar-refractivity contribution in [1.29, 1.82) is 0 Å². The Labute approximate surface area is 203 Å². The average Bonchev–Trinajstić information content (AvgIpc) is 3.28. The summed E-state index contributed by atoms with van der Waals surface area (Å²) in [6, 6.07) is 16.0. The normalized spacial score (nSPS) is 13.9. The molecule has 1 aliphatic heterocycles. The van der Waals surface area contributed by atoms with Crippen LogP contribution in [0.5, 0.6) is 0 Å². The lowest BCUT2D eigenvalue weighted by Crippen LogP contribution is -2.36. The van der Waals surface area contributed by atoms with Crippen molar-refractivity contribution < 1.29 is 9.53 Å². The third-order valence-corrected chi connectivity index (χ3v) is 5.75. The molecule has 2 N–H and O–H groups in total. The molecule has 2 aromatic carbocycles. The number of hydrogen-bond donors (Lipinski definition) is 2. The van der Waals surface area contributed by atoms with Gasteiger partial charge in [0.1, 0.15) is 0 Å². The molecule has 0 aliphatic carbocycles. The van der Waals surface area contributed by atoms with Gasteiger partial charge in [-0.2, -0.15) is 10.1 Å². The van der Waals surface area contributed by atoms with E-state index in [1.165, 1.54) is 11.8 Å². The van der Waals surface area contributed by atoms with Crippen LogP contribution in [0, 0.1) is 0 Å². The minimum atomic E-state index is -0.147. The van der Waals surface area contributed by atoms with Crippen LogP contribution in [0.15, 0.2) is 73.1 Å². The summed E-state index contributed by atoms with van der Waals surface area (Å²) in [5, 5.41) is 11.5. The quantitative estimate of drug-likeness (QED) is 0.395. The Hall–Kier alpha value is -4.24. The van der Waals surface area contributed by atoms with E-state index in [1.54, 1.807) is 18.5 Å². The van der Waals surface area contributed by atoms with Gasteiger partial charge in [-0.25, -0.2) is 9.67 Å². The summed E-state index contributed by atoms with van der Waals surface area (Å²) in [6.45, 7) is 5.70. The van der Waals surface area contributed by atoms with Crippen LogP contribution in [0.3, 0.4) is 0 Å². The predicted octanol–water partition coefficient (Wildman–Crippen LogP) is 3.97. The minimum Gasteiger partial charge on any atom is -0.378 e. The minimum absolute atomic E-state index is 0.147. The summed E-state index contributed by atoms with van der Waals surface area (Å²) in [5.41, 5.74) is 4.64. The molecule has 0 atom stereocenters. The number of rotatable bonds is 7. The van der Waals surface area contributed by atoms with E-state index in [0.717, 1.165) is 54.3 Å². The summed E-state index contributed by atoms with van der Waals surface area (Å²) in [6.07, 6.45) is 6.74. The zero-order valence-electron chi connectivity index (χ0n) is 19.5. The van der Waals surface area contributed by atoms with Crippen molar-refractivity contribution in [3.8, 4) is 0 Å². The number of fused-ring (bicyclic) bond motifs is 1. The third kappa shape index (κ3) is 5.47. The van der Waals surface area contributed by atoms with E-state index in [-0.39, 0.29) is 5.91 Å². The van der Waals surface area contributed by atoms with Gasteiger partial charge in [0.15, 0.2) is 5.65 Å². The van der Waals surface area contributed by atoms with Gasteiger partial charge in [-0.1, -0.05) is 18.2 Å². The highest BCUT2D eigenvalue weighted by Crippen LogP contribution is 2.22. The molecule has 1 amide bonds. The summed E-state index contributed by atoms with van der Waals surface area (Å²) in [5.74, 6) is 0.367. The zero-order chi connectivity index (χ0) is 24.0. The van der Waals surface area contributed by atoms with E-state index in [4.69, 9.17) is 9.72 Å². The smallest absolute Gasteiger partial charge is 0.248 e. The largest absolute Gasteiger partial charge is 0.378 e. The summed E-state index contributed by atoms with van der Waals surface area (Å²) < 4.78 is 7.28. The Morgan fingerprint density at radius 1 is 1.03 bits per heavy atom. The molecule has 0 bridgehead atoms. The molecular formula is C26H27N7O2. The molecule has 0 spiro atoms. The molecule has 0 unspecified atom stereocenters. The van der Waals surface area contributed by atoms with Crippen LogP contribution in [0.1, 0.15) is 12.5 Å². The third-order valence-electron chi connectivity index (χ3n) is 5.75. The lowest BCUT2D eigenvalue weighted by Gasteiger charge is -2.28. The van der Waals surface area contributed by atoms with Crippen molar-refractivity contribution in [1.82, 2.24) is 19.7 Å². The predicted molar refractivity (Wildman–Crippen MR) is 137 cm³/mol. The first-order chi connectivity index (χ1) is 17.2. The second-order valence-electron chi connectivity index (χ2n) is 8.23. The number of anilines is 4. The average molecular weight is 470 g/mol. The first-order valence-corrected chi connectivity index (χ1v) is 11.6. The highest BCUT2D eigenvalue weighted by atomic mass is 16.5. The van der Waals surface area contributed by atoms with E-state index >= 15 is 0 Å². The molecule has 0 saturated carbocycles. The molecular weight excluding hydrogens is 442 g/mol. The van der Waals surface area contributed by atoms with Gasteiger partial charge in [-0.15, -0.1) is 0 Å². The number of morpholine rings is 1. The number of allylic oxidation sites excluding steroid dienone is 1. The van der Waals surface area contributed by atoms with Gasteiger partial charge in [0.25, 0.3) is 0 Å². The number of carbonyl (C=O) groups excluding carboxylic acids is 1.